The zero-order valence-electron chi connectivity index (χ0n) is 16.9. The number of carbonyl (C=O) groups excluding carboxylic acids is 1. The van der Waals surface area contributed by atoms with Gasteiger partial charge in [-0.2, -0.15) is 0 Å². The number of aromatic carboxylic acids is 1. The molecule has 0 saturated carbocycles. The lowest BCUT2D eigenvalue weighted by molar-refractivity contribution is 0.0696. The van der Waals surface area contributed by atoms with E-state index in [1.807, 2.05) is 37.3 Å². The Kier molecular flexibility index (Phi) is 6.10. The molecule has 0 aliphatic rings. The molecule has 3 N–H and O–H groups in total. The number of ether oxygens (including phenoxy) is 1. The highest BCUT2D eigenvalue weighted by Crippen LogP contribution is 2.37. The molecule has 1 amide bonds. The molecular weight excluding hydrogens is 473 g/mol. The molecule has 1 atom stereocenters. The first-order valence-corrected chi connectivity index (χ1v) is 11.1. The number of hydrogen-bond acceptors (Lipinski definition) is 5. The zero-order chi connectivity index (χ0) is 23.0. The largest absolute Gasteiger partial charge is 0.484 e. The molecule has 0 bridgehead atoms. The first-order valence-electron chi connectivity index (χ1n) is 9.49. The predicted molar refractivity (Wildman–Crippen MR) is 126 cm³/mol. The molecule has 0 aliphatic carbocycles. The highest BCUT2D eigenvalue weighted by molar-refractivity contribution is 7.22. The number of halogens is 2. The SMILES string of the molecule is Cc1[nH]c(C(=O)Nc2nc3c(O[C@@H](C)c4ccccc4)cc(C(=O)O)cc3s2)c(Cl)c1Cl. The molecule has 0 saturated heterocycles. The second kappa shape index (κ2) is 8.82. The van der Waals surface area contributed by atoms with Crippen molar-refractivity contribution in [2.45, 2.75) is 20.0 Å². The maximum Gasteiger partial charge on any atom is 0.335 e. The van der Waals surface area contributed by atoms with E-state index in [0.717, 1.165) is 16.9 Å². The third-order valence-corrected chi connectivity index (χ3v) is 6.65. The van der Waals surface area contributed by atoms with Gasteiger partial charge >= 0.3 is 5.97 Å². The summed E-state index contributed by atoms with van der Waals surface area (Å²) in [5.41, 5.74) is 2.13. The van der Waals surface area contributed by atoms with Crippen LogP contribution >= 0.6 is 34.5 Å². The van der Waals surface area contributed by atoms with Crippen LogP contribution in [-0.2, 0) is 0 Å². The van der Waals surface area contributed by atoms with Gasteiger partial charge in [-0.1, -0.05) is 64.9 Å². The number of nitrogens with zero attached hydrogens (tertiary/aromatic N) is 1. The summed E-state index contributed by atoms with van der Waals surface area (Å²) in [4.78, 5) is 31.6. The second-order valence-electron chi connectivity index (χ2n) is 7.02. The van der Waals surface area contributed by atoms with Crippen molar-refractivity contribution >= 4 is 61.8 Å². The Hall–Kier alpha value is -3.07. The van der Waals surface area contributed by atoms with E-state index < -0.39 is 11.9 Å². The number of benzene rings is 2. The van der Waals surface area contributed by atoms with Gasteiger partial charge in [0.05, 0.1) is 20.3 Å². The van der Waals surface area contributed by atoms with Crippen LogP contribution in [0.25, 0.3) is 10.2 Å². The lowest BCUT2D eigenvalue weighted by Crippen LogP contribution is -2.12. The van der Waals surface area contributed by atoms with E-state index in [1.165, 1.54) is 12.1 Å². The van der Waals surface area contributed by atoms with Gasteiger partial charge in [-0.05, 0) is 31.5 Å². The van der Waals surface area contributed by atoms with Crippen LogP contribution in [0.5, 0.6) is 5.75 Å². The van der Waals surface area contributed by atoms with Crippen molar-refractivity contribution in [2.75, 3.05) is 5.32 Å². The fourth-order valence-electron chi connectivity index (χ4n) is 3.14. The summed E-state index contributed by atoms with van der Waals surface area (Å²) in [7, 11) is 0. The van der Waals surface area contributed by atoms with Crippen LogP contribution in [0.2, 0.25) is 10.0 Å². The van der Waals surface area contributed by atoms with Crippen LogP contribution in [0, 0.1) is 6.92 Å². The molecule has 2 heterocycles. The van der Waals surface area contributed by atoms with Crippen LogP contribution < -0.4 is 10.1 Å². The van der Waals surface area contributed by atoms with Gasteiger partial charge in [-0.3, -0.25) is 10.1 Å². The molecule has 0 unspecified atom stereocenters. The number of aryl methyl sites for hydroxylation is 1. The van der Waals surface area contributed by atoms with Gasteiger partial charge in [0.2, 0.25) is 0 Å². The second-order valence-corrected chi connectivity index (χ2v) is 8.81. The van der Waals surface area contributed by atoms with Crippen LogP contribution in [0.15, 0.2) is 42.5 Å². The fourth-order valence-corrected chi connectivity index (χ4v) is 4.47. The van der Waals surface area contributed by atoms with E-state index >= 15 is 0 Å². The maximum absolute atomic E-state index is 12.7. The van der Waals surface area contributed by atoms with Crippen molar-refractivity contribution in [3.8, 4) is 5.75 Å². The van der Waals surface area contributed by atoms with Crippen molar-refractivity contribution in [3.05, 3.63) is 75.0 Å². The van der Waals surface area contributed by atoms with Gasteiger partial charge in [-0.15, -0.1) is 0 Å². The third-order valence-electron chi connectivity index (χ3n) is 4.78. The number of aromatic nitrogens is 2. The normalized spacial score (nSPS) is 12.0. The van der Waals surface area contributed by atoms with E-state index in [2.05, 4.69) is 15.3 Å². The summed E-state index contributed by atoms with van der Waals surface area (Å²) in [5, 5.41) is 12.9. The third kappa shape index (κ3) is 4.29. The highest BCUT2D eigenvalue weighted by atomic mass is 35.5. The first kappa shape index (κ1) is 22.1. The maximum atomic E-state index is 12.7. The minimum atomic E-state index is -1.09. The summed E-state index contributed by atoms with van der Waals surface area (Å²) >= 11 is 13.3. The predicted octanol–water partition coefficient (Wildman–Crippen LogP) is 6.33. The number of aromatic amines is 1. The Morgan fingerprint density at radius 1 is 1.19 bits per heavy atom. The Bertz CT molecular complexity index is 1330. The van der Waals surface area contributed by atoms with Crippen molar-refractivity contribution in [3.63, 3.8) is 0 Å². The van der Waals surface area contributed by atoms with Crippen molar-refractivity contribution in [1.29, 1.82) is 0 Å². The molecule has 0 aliphatic heterocycles. The van der Waals surface area contributed by atoms with E-state index in [4.69, 9.17) is 27.9 Å². The lowest BCUT2D eigenvalue weighted by Gasteiger charge is -2.15. The quantitative estimate of drug-likeness (QED) is 0.293. The molecule has 164 valence electrons. The van der Waals surface area contributed by atoms with Gasteiger partial charge in [-0.25, -0.2) is 9.78 Å². The summed E-state index contributed by atoms with van der Waals surface area (Å²) in [6.07, 6.45) is -0.342. The Morgan fingerprint density at radius 3 is 2.53 bits per heavy atom. The molecule has 2 aromatic carbocycles. The standard InChI is InChI=1S/C22H17Cl2N3O4S/c1-10-16(23)17(24)19(25-10)20(28)27-22-26-18-14(8-13(21(29)30)9-15(18)32-22)31-11(2)12-6-4-3-5-7-12/h3-9,11,25H,1-2H3,(H,29,30)(H,26,27,28)/t11-/m0/s1. The number of carboxylic acid groups (broad SMARTS) is 1. The first-order chi connectivity index (χ1) is 15.2. The molecule has 32 heavy (non-hydrogen) atoms. The Balaban J connectivity index is 1.69. The van der Waals surface area contributed by atoms with Crippen LogP contribution in [-0.4, -0.2) is 27.0 Å². The molecule has 2 aromatic heterocycles. The molecule has 4 rings (SSSR count). The number of H-pyrrole nitrogens is 1. The van der Waals surface area contributed by atoms with Gasteiger partial charge < -0.3 is 14.8 Å². The molecule has 0 fully saturated rings. The molecule has 0 spiro atoms. The van der Waals surface area contributed by atoms with Crippen LogP contribution in [0.3, 0.4) is 0 Å². The molecule has 4 aromatic rings. The molecule has 7 nitrogen and oxygen atoms in total. The number of thiazole rings is 1. The van der Waals surface area contributed by atoms with E-state index in [1.54, 1.807) is 6.92 Å². The highest BCUT2D eigenvalue weighted by Gasteiger charge is 2.21. The van der Waals surface area contributed by atoms with E-state index in [9.17, 15) is 14.7 Å². The summed E-state index contributed by atoms with van der Waals surface area (Å²) in [6.45, 7) is 3.57. The number of rotatable bonds is 6. The number of hydrogen-bond donors (Lipinski definition) is 3. The topological polar surface area (TPSA) is 104 Å². The average molecular weight is 490 g/mol. The number of carboxylic acids is 1. The number of amides is 1. The Labute approximate surface area is 197 Å². The number of nitrogens with one attached hydrogen (secondary N) is 2. The molecular formula is C22H17Cl2N3O4S. The Morgan fingerprint density at radius 2 is 1.91 bits per heavy atom. The summed E-state index contributed by atoms with van der Waals surface area (Å²) in [5.74, 6) is -1.29. The van der Waals surface area contributed by atoms with E-state index in [0.29, 0.717) is 21.7 Å². The van der Waals surface area contributed by atoms with Crippen molar-refractivity contribution in [1.82, 2.24) is 9.97 Å². The van der Waals surface area contributed by atoms with Crippen molar-refractivity contribution < 1.29 is 19.4 Å². The van der Waals surface area contributed by atoms with E-state index in [-0.39, 0.29) is 32.5 Å². The minimum Gasteiger partial charge on any atom is -0.484 e. The summed E-state index contributed by atoms with van der Waals surface area (Å²) < 4.78 is 6.63. The van der Waals surface area contributed by atoms with Gasteiger partial charge in [0.15, 0.2) is 5.13 Å². The number of anilines is 1. The van der Waals surface area contributed by atoms with Crippen LogP contribution in [0.4, 0.5) is 5.13 Å². The van der Waals surface area contributed by atoms with Crippen LogP contribution in [0.1, 0.15) is 45.1 Å². The van der Waals surface area contributed by atoms with Gasteiger partial charge in [0, 0.05) is 5.69 Å². The number of fused-ring (bicyclic) bond motifs is 1. The van der Waals surface area contributed by atoms with Gasteiger partial charge in [0.25, 0.3) is 5.91 Å². The minimum absolute atomic E-state index is 0.0594. The van der Waals surface area contributed by atoms with Gasteiger partial charge in [0.1, 0.15) is 23.1 Å². The molecule has 10 heteroatoms. The number of carbonyl (C=O) groups is 2. The smallest absolute Gasteiger partial charge is 0.335 e. The average Bonchev–Trinajstić information content (AvgIpc) is 3.29. The molecule has 0 radical (unpaired) electrons. The zero-order valence-corrected chi connectivity index (χ0v) is 19.2. The lowest BCUT2D eigenvalue weighted by atomic mass is 10.1. The summed E-state index contributed by atoms with van der Waals surface area (Å²) in [6, 6.07) is 12.5. The monoisotopic (exact) mass is 489 g/mol. The van der Waals surface area contributed by atoms with Crippen molar-refractivity contribution in [2.24, 2.45) is 0 Å². The fraction of sp³-hybridized carbons (Fsp3) is 0.136.